The Hall–Kier alpha value is -4.66. The van der Waals surface area contributed by atoms with Crippen LogP contribution in [0.1, 0.15) is 35.7 Å². The maximum Gasteiger partial charge on any atom is 0.304 e. The third-order valence-corrected chi connectivity index (χ3v) is 6.48. The summed E-state index contributed by atoms with van der Waals surface area (Å²) >= 11 is 0. The summed E-state index contributed by atoms with van der Waals surface area (Å²) in [5.74, 6) is -1.62. The van der Waals surface area contributed by atoms with Crippen LogP contribution in [0.2, 0.25) is 0 Å². The van der Waals surface area contributed by atoms with Crippen molar-refractivity contribution in [2.24, 2.45) is 11.7 Å². The van der Waals surface area contributed by atoms with E-state index in [0.717, 1.165) is 11.1 Å². The number of amidine groups is 1. The second kappa shape index (κ2) is 11.6. The number of hydrogen-bond donors (Lipinski definition) is 4. The van der Waals surface area contributed by atoms with Crippen molar-refractivity contribution in [1.82, 2.24) is 5.32 Å². The van der Waals surface area contributed by atoms with Gasteiger partial charge < -0.3 is 25.8 Å². The fourth-order valence-corrected chi connectivity index (χ4v) is 4.61. The number of rotatable bonds is 10. The molecule has 4 rings (SSSR count). The van der Waals surface area contributed by atoms with Gasteiger partial charge in [0.1, 0.15) is 18.2 Å². The SMILES string of the molecule is CCNC(=O)c1cccc(N2C(=O)[C@H](CC(=O)O)C[C@H]2COc2ccc(-c3ccc(C(=N)N)cc3)cc2)c1. The molecule has 5 N–H and O–H groups in total. The highest BCUT2D eigenvalue weighted by atomic mass is 16.5. The van der Waals surface area contributed by atoms with Crippen LogP contribution in [-0.2, 0) is 9.59 Å². The Labute approximate surface area is 220 Å². The Morgan fingerprint density at radius 2 is 1.71 bits per heavy atom. The summed E-state index contributed by atoms with van der Waals surface area (Å²) in [5.41, 5.74) is 9.07. The van der Waals surface area contributed by atoms with Gasteiger partial charge >= 0.3 is 5.97 Å². The van der Waals surface area contributed by atoms with Crippen LogP contribution in [-0.4, -0.2) is 47.9 Å². The molecule has 0 bridgehead atoms. The summed E-state index contributed by atoms with van der Waals surface area (Å²) in [4.78, 5) is 38.5. The third kappa shape index (κ3) is 6.00. The van der Waals surface area contributed by atoms with Gasteiger partial charge in [0.25, 0.3) is 5.91 Å². The molecule has 1 saturated heterocycles. The first-order valence-electron chi connectivity index (χ1n) is 12.4. The lowest BCUT2D eigenvalue weighted by Crippen LogP contribution is -2.38. The van der Waals surface area contributed by atoms with E-state index >= 15 is 0 Å². The lowest BCUT2D eigenvalue weighted by molar-refractivity contribution is -0.140. The van der Waals surface area contributed by atoms with E-state index < -0.39 is 17.9 Å². The molecule has 1 aliphatic rings. The van der Waals surface area contributed by atoms with E-state index in [1.165, 1.54) is 0 Å². The minimum atomic E-state index is -1.03. The van der Waals surface area contributed by atoms with Gasteiger partial charge in [-0.25, -0.2) is 0 Å². The number of aliphatic carboxylic acids is 1. The van der Waals surface area contributed by atoms with E-state index in [1.807, 2.05) is 43.3 Å². The molecule has 2 amide bonds. The molecular formula is C29H30N4O5. The first kappa shape index (κ1) is 26.4. The number of nitrogens with two attached hydrogens (primary N) is 1. The van der Waals surface area contributed by atoms with Crippen molar-refractivity contribution < 1.29 is 24.2 Å². The number of carboxylic acid groups (broad SMARTS) is 1. The van der Waals surface area contributed by atoms with Crippen LogP contribution in [0.25, 0.3) is 11.1 Å². The fraction of sp³-hybridized carbons (Fsp3) is 0.241. The van der Waals surface area contributed by atoms with E-state index in [0.29, 0.717) is 35.5 Å². The Morgan fingerprint density at radius 1 is 1.05 bits per heavy atom. The molecule has 3 aromatic rings. The number of nitrogen functional groups attached to an aromatic ring is 1. The van der Waals surface area contributed by atoms with Crippen LogP contribution in [0, 0.1) is 11.3 Å². The number of benzene rings is 3. The molecule has 1 heterocycles. The Balaban J connectivity index is 1.50. The predicted molar refractivity (Wildman–Crippen MR) is 144 cm³/mol. The van der Waals surface area contributed by atoms with Crippen LogP contribution in [0.15, 0.2) is 72.8 Å². The van der Waals surface area contributed by atoms with Crippen LogP contribution < -0.4 is 20.7 Å². The second-order valence-electron chi connectivity index (χ2n) is 9.13. The lowest BCUT2D eigenvalue weighted by atomic mass is 10.0. The number of hydrogen-bond acceptors (Lipinski definition) is 5. The molecule has 196 valence electrons. The zero-order valence-electron chi connectivity index (χ0n) is 21.0. The molecule has 38 heavy (non-hydrogen) atoms. The van der Waals surface area contributed by atoms with Crippen molar-refractivity contribution >= 4 is 29.3 Å². The van der Waals surface area contributed by atoms with Crippen molar-refractivity contribution in [2.75, 3.05) is 18.1 Å². The standard InChI is InChI=1S/C29H30N4O5/c1-2-32-28(36)21-4-3-5-23(14-21)33-24(15-22(29(33)37)16-26(34)35)17-38-25-12-10-19(11-13-25)18-6-8-20(9-7-18)27(30)31/h3-14,22,24H,2,15-17H2,1H3,(H3,30,31)(H,32,36)(H,34,35)/t22-,24-/m0/s1. The first-order valence-corrected chi connectivity index (χ1v) is 12.4. The number of nitrogens with zero attached hydrogens (tertiary/aromatic N) is 1. The molecule has 1 fully saturated rings. The van der Waals surface area contributed by atoms with Gasteiger partial charge in [0.2, 0.25) is 5.91 Å². The predicted octanol–water partition coefficient (Wildman–Crippen LogP) is 3.66. The normalized spacial score (nSPS) is 16.8. The molecule has 0 radical (unpaired) electrons. The summed E-state index contributed by atoms with van der Waals surface area (Å²) in [5, 5.41) is 19.6. The minimum absolute atomic E-state index is 0.0151. The Morgan fingerprint density at radius 3 is 2.32 bits per heavy atom. The zero-order chi connectivity index (χ0) is 27.2. The Kier molecular flexibility index (Phi) is 8.06. The van der Waals surface area contributed by atoms with Gasteiger partial charge in [-0.05, 0) is 54.8 Å². The van der Waals surface area contributed by atoms with Crippen molar-refractivity contribution in [1.29, 1.82) is 5.41 Å². The minimum Gasteiger partial charge on any atom is -0.491 e. The van der Waals surface area contributed by atoms with Crippen LogP contribution >= 0.6 is 0 Å². The largest absolute Gasteiger partial charge is 0.491 e. The topological polar surface area (TPSA) is 146 Å². The molecule has 9 nitrogen and oxygen atoms in total. The van der Waals surface area contributed by atoms with Gasteiger partial charge in [-0.2, -0.15) is 0 Å². The number of carbonyl (C=O) groups is 3. The van der Waals surface area contributed by atoms with E-state index in [2.05, 4.69) is 5.32 Å². The van der Waals surface area contributed by atoms with E-state index in [1.54, 1.807) is 41.3 Å². The molecule has 3 aromatic carbocycles. The van der Waals surface area contributed by atoms with E-state index in [9.17, 15) is 19.5 Å². The molecule has 0 spiro atoms. The van der Waals surface area contributed by atoms with E-state index in [-0.39, 0.29) is 30.7 Å². The van der Waals surface area contributed by atoms with Crippen molar-refractivity contribution in [3.05, 3.63) is 83.9 Å². The number of carbonyl (C=O) groups excluding carboxylic acids is 2. The smallest absolute Gasteiger partial charge is 0.304 e. The van der Waals surface area contributed by atoms with Crippen molar-refractivity contribution in [2.45, 2.75) is 25.8 Å². The fourth-order valence-electron chi connectivity index (χ4n) is 4.61. The number of anilines is 1. The molecule has 0 aliphatic carbocycles. The summed E-state index contributed by atoms with van der Waals surface area (Å²) < 4.78 is 6.04. The zero-order valence-corrected chi connectivity index (χ0v) is 21.0. The Bertz CT molecular complexity index is 1340. The maximum atomic E-state index is 13.2. The number of ether oxygens (including phenoxy) is 1. The van der Waals surface area contributed by atoms with Crippen molar-refractivity contribution in [3.63, 3.8) is 0 Å². The average molecular weight is 515 g/mol. The average Bonchev–Trinajstić information content (AvgIpc) is 3.22. The quantitative estimate of drug-likeness (QED) is 0.240. The number of carboxylic acids is 1. The molecule has 0 aromatic heterocycles. The molecule has 2 atom stereocenters. The molecule has 0 saturated carbocycles. The molecule has 1 aliphatic heterocycles. The van der Waals surface area contributed by atoms with Crippen molar-refractivity contribution in [3.8, 4) is 16.9 Å². The summed E-state index contributed by atoms with van der Waals surface area (Å²) in [6.07, 6.45) is 0.0655. The second-order valence-corrected chi connectivity index (χ2v) is 9.13. The van der Waals surface area contributed by atoms with Gasteiger partial charge in [0, 0.05) is 23.4 Å². The van der Waals surface area contributed by atoms with Gasteiger partial charge in [0.05, 0.1) is 18.4 Å². The number of nitrogens with one attached hydrogen (secondary N) is 2. The summed E-state index contributed by atoms with van der Waals surface area (Å²) in [6, 6.07) is 21.2. The lowest BCUT2D eigenvalue weighted by Gasteiger charge is -2.25. The third-order valence-electron chi connectivity index (χ3n) is 6.48. The van der Waals surface area contributed by atoms with Gasteiger partial charge in [0.15, 0.2) is 0 Å². The monoisotopic (exact) mass is 514 g/mol. The summed E-state index contributed by atoms with van der Waals surface area (Å²) in [6.45, 7) is 2.47. The summed E-state index contributed by atoms with van der Waals surface area (Å²) in [7, 11) is 0. The molecule has 9 heteroatoms. The van der Waals surface area contributed by atoms with E-state index in [4.69, 9.17) is 15.9 Å². The number of amides is 2. The molecule has 0 unspecified atom stereocenters. The van der Waals surface area contributed by atoms with Gasteiger partial charge in [-0.1, -0.05) is 42.5 Å². The van der Waals surface area contributed by atoms with Crippen LogP contribution in [0.4, 0.5) is 5.69 Å². The highest BCUT2D eigenvalue weighted by Gasteiger charge is 2.41. The van der Waals surface area contributed by atoms with Gasteiger partial charge in [-0.15, -0.1) is 0 Å². The first-order chi connectivity index (χ1) is 18.3. The van der Waals surface area contributed by atoms with Gasteiger partial charge in [-0.3, -0.25) is 19.8 Å². The van der Waals surface area contributed by atoms with Crippen LogP contribution in [0.5, 0.6) is 5.75 Å². The maximum absolute atomic E-state index is 13.2. The molecular weight excluding hydrogens is 484 g/mol. The highest BCUT2D eigenvalue weighted by Crippen LogP contribution is 2.33. The highest BCUT2D eigenvalue weighted by molar-refractivity contribution is 6.01. The van der Waals surface area contributed by atoms with Crippen LogP contribution in [0.3, 0.4) is 0 Å².